The van der Waals surface area contributed by atoms with Crippen LogP contribution >= 0.6 is 35.1 Å². The van der Waals surface area contributed by atoms with Gasteiger partial charge in [0.05, 0.1) is 5.02 Å². The van der Waals surface area contributed by atoms with Crippen molar-refractivity contribution in [1.82, 2.24) is 9.71 Å². The van der Waals surface area contributed by atoms with Crippen LogP contribution in [-0.2, 0) is 4.79 Å². The van der Waals surface area contributed by atoms with Crippen LogP contribution in [0, 0.1) is 5.92 Å². The molecule has 0 spiro atoms. The van der Waals surface area contributed by atoms with E-state index >= 15 is 0 Å². The topological polar surface area (TPSA) is 80.3 Å². The molecule has 1 aromatic heterocycles. The molecule has 0 bridgehead atoms. The number of carbonyl (C=O) groups is 2. The summed E-state index contributed by atoms with van der Waals surface area (Å²) in [5.74, 6) is 0.103. The number of halogens is 2. The van der Waals surface area contributed by atoms with Crippen LogP contribution in [0.15, 0.2) is 36.5 Å². The summed E-state index contributed by atoms with van der Waals surface area (Å²) in [4.78, 5) is 29.0. The molecule has 3 rings (SSSR count). The molecule has 32 heavy (non-hydrogen) atoms. The van der Waals surface area contributed by atoms with Gasteiger partial charge in [0.15, 0.2) is 0 Å². The fraction of sp³-hybridized carbons (Fsp3) is 0.435. The first kappa shape index (κ1) is 24.7. The van der Waals surface area contributed by atoms with E-state index in [0.717, 1.165) is 12.8 Å². The third kappa shape index (κ3) is 7.29. The van der Waals surface area contributed by atoms with Gasteiger partial charge in [-0.05, 0) is 88.7 Å². The molecule has 9 heteroatoms. The highest BCUT2D eigenvalue weighted by Crippen LogP contribution is 2.31. The molecular weight excluding hydrogens is 469 g/mol. The van der Waals surface area contributed by atoms with E-state index in [-0.39, 0.29) is 28.6 Å². The minimum Gasteiger partial charge on any atom is -0.473 e. The lowest BCUT2D eigenvalue weighted by atomic mass is 9.86. The quantitative estimate of drug-likeness (QED) is 0.470. The van der Waals surface area contributed by atoms with Crippen molar-refractivity contribution in [2.45, 2.75) is 57.3 Å². The van der Waals surface area contributed by atoms with Crippen LogP contribution in [-0.4, -0.2) is 27.6 Å². The van der Waals surface area contributed by atoms with E-state index in [4.69, 9.17) is 27.9 Å². The summed E-state index contributed by atoms with van der Waals surface area (Å²) in [6, 6.07) is 8.52. The first-order valence-corrected chi connectivity index (χ1v) is 12.0. The normalized spacial score (nSPS) is 18.7. The van der Waals surface area contributed by atoms with Gasteiger partial charge >= 0.3 is 0 Å². The third-order valence-electron chi connectivity index (χ3n) is 4.96. The molecule has 0 radical (unpaired) electrons. The van der Waals surface area contributed by atoms with Crippen LogP contribution in [0.4, 0.5) is 5.69 Å². The number of nitrogens with one attached hydrogen (secondary N) is 2. The minimum atomic E-state index is -0.156. The molecule has 1 saturated carbocycles. The van der Waals surface area contributed by atoms with Crippen molar-refractivity contribution in [1.29, 1.82) is 0 Å². The lowest BCUT2D eigenvalue weighted by Crippen LogP contribution is -2.31. The van der Waals surface area contributed by atoms with Crippen molar-refractivity contribution < 1.29 is 14.3 Å². The number of ether oxygens (including phenoxy) is 1. The van der Waals surface area contributed by atoms with Crippen LogP contribution in [0.1, 0.15) is 56.8 Å². The monoisotopic (exact) mass is 495 g/mol. The zero-order valence-electron chi connectivity index (χ0n) is 18.3. The number of aromatic nitrogens is 1. The second-order valence-electron chi connectivity index (χ2n) is 8.74. The Labute approximate surface area is 202 Å². The maximum Gasteiger partial charge on any atom is 0.261 e. The summed E-state index contributed by atoms with van der Waals surface area (Å²) in [7, 11) is 0. The maximum atomic E-state index is 12.7. The number of nitrogens with zero attached hydrogens (tertiary/aromatic N) is 1. The summed E-state index contributed by atoms with van der Waals surface area (Å²) in [5.41, 5.74) is 1.22. The highest BCUT2D eigenvalue weighted by molar-refractivity contribution is 7.99. The van der Waals surface area contributed by atoms with Crippen molar-refractivity contribution >= 4 is 52.7 Å². The molecule has 1 aromatic carbocycles. The summed E-state index contributed by atoms with van der Waals surface area (Å²) in [6.45, 7) is 6.08. The molecule has 6 nitrogen and oxygen atoms in total. The van der Waals surface area contributed by atoms with Gasteiger partial charge in [0.2, 0.25) is 11.8 Å². The number of hydrogen-bond donors (Lipinski definition) is 2. The smallest absolute Gasteiger partial charge is 0.261 e. The average Bonchev–Trinajstić information content (AvgIpc) is 2.74. The first-order chi connectivity index (χ1) is 15.1. The van der Waals surface area contributed by atoms with E-state index in [1.54, 1.807) is 30.3 Å². The lowest BCUT2D eigenvalue weighted by Gasteiger charge is -2.28. The fourth-order valence-electron chi connectivity index (χ4n) is 3.30. The lowest BCUT2D eigenvalue weighted by molar-refractivity contribution is -0.121. The number of hydrogen-bond acceptors (Lipinski definition) is 5. The Morgan fingerprint density at radius 1 is 1.09 bits per heavy atom. The van der Waals surface area contributed by atoms with Gasteiger partial charge in [-0.15, -0.1) is 0 Å². The average molecular weight is 496 g/mol. The van der Waals surface area contributed by atoms with Crippen molar-refractivity contribution in [3.63, 3.8) is 0 Å². The highest BCUT2D eigenvalue weighted by atomic mass is 35.5. The van der Waals surface area contributed by atoms with Gasteiger partial charge < -0.3 is 10.1 Å². The molecule has 2 amide bonds. The molecular formula is C23H27Cl2N3O3S. The Kier molecular flexibility index (Phi) is 8.31. The Hall–Kier alpha value is -1.96. The van der Waals surface area contributed by atoms with Gasteiger partial charge in [-0.2, -0.15) is 0 Å². The van der Waals surface area contributed by atoms with Gasteiger partial charge in [0.1, 0.15) is 11.1 Å². The molecule has 172 valence electrons. The Bertz CT molecular complexity index is 956. The number of rotatable bonds is 6. The number of amides is 2. The molecule has 1 heterocycles. The largest absolute Gasteiger partial charge is 0.473 e. The van der Waals surface area contributed by atoms with E-state index < -0.39 is 0 Å². The first-order valence-electron chi connectivity index (χ1n) is 10.5. The van der Waals surface area contributed by atoms with E-state index in [1.165, 1.54) is 18.1 Å². The molecule has 0 unspecified atom stereocenters. The summed E-state index contributed by atoms with van der Waals surface area (Å²) >= 11 is 13.4. The van der Waals surface area contributed by atoms with Gasteiger partial charge in [0.25, 0.3) is 5.91 Å². The zero-order valence-corrected chi connectivity index (χ0v) is 20.6. The number of benzene rings is 1. The van der Waals surface area contributed by atoms with Gasteiger partial charge in [-0.25, -0.2) is 4.98 Å². The van der Waals surface area contributed by atoms with E-state index in [2.05, 4.69) is 15.0 Å². The summed E-state index contributed by atoms with van der Waals surface area (Å²) in [5, 5.41) is 3.79. The van der Waals surface area contributed by atoms with Crippen molar-refractivity contribution in [2.24, 2.45) is 5.92 Å². The van der Waals surface area contributed by atoms with Crippen LogP contribution in [0.5, 0.6) is 5.88 Å². The predicted octanol–water partition coefficient (Wildman–Crippen LogP) is 6.14. The Balaban J connectivity index is 1.47. The SMILES string of the molecule is CC(C)(C)SNC(=O)c1ccc(NC(=O)C2CCC(Oc3ncc(Cl)cc3Cl)CC2)cc1. The minimum absolute atomic E-state index is 0.0217. The highest BCUT2D eigenvalue weighted by Gasteiger charge is 2.28. The molecule has 1 aliphatic carbocycles. The van der Waals surface area contributed by atoms with Crippen molar-refractivity contribution in [3.8, 4) is 5.88 Å². The van der Waals surface area contributed by atoms with Gasteiger partial charge in [-0.1, -0.05) is 23.2 Å². The standard InChI is InChI=1S/C23H27Cl2N3O3S/c1-23(2,3)32-28-21(30)15-4-8-17(9-5-15)27-20(29)14-6-10-18(11-7-14)31-22-19(25)12-16(24)13-26-22/h4-5,8-9,12-14,18H,6-7,10-11H2,1-3H3,(H,27,29)(H,28,30). The van der Waals surface area contributed by atoms with Gasteiger partial charge in [-0.3, -0.25) is 14.3 Å². The molecule has 0 saturated heterocycles. The van der Waals surface area contributed by atoms with Crippen LogP contribution in [0.25, 0.3) is 0 Å². The van der Waals surface area contributed by atoms with Crippen LogP contribution < -0.4 is 14.8 Å². The molecule has 2 aromatic rings. The number of anilines is 1. The molecule has 0 aliphatic heterocycles. The Morgan fingerprint density at radius 2 is 1.75 bits per heavy atom. The zero-order chi connectivity index (χ0) is 23.3. The predicted molar refractivity (Wildman–Crippen MR) is 131 cm³/mol. The number of pyridine rings is 1. The van der Waals surface area contributed by atoms with Crippen LogP contribution in [0.3, 0.4) is 0 Å². The van der Waals surface area contributed by atoms with Crippen LogP contribution in [0.2, 0.25) is 10.0 Å². The third-order valence-corrected chi connectivity index (χ3v) is 6.34. The van der Waals surface area contributed by atoms with Crippen molar-refractivity contribution in [2.75, 3.05) is 5.32 Å². The Morgan fingerprint density at radius 3 is 2.34 bits per heavy atom. The molecule has 1 aliphatic rings. The molecule has 1 fully saturated rings. The number of carbonyl (C=O) groups excluding carboxylic acids is 2. The fourth-order valence-corrected chi connectivity index (χ4v) is 4.24. The molecule has 0 atom stereocenters. The van der Waals surface area contributed by atoms with E-state index in [1.807, 2.05) is 20.8 Å². The van der Waals surface area contributed by atoms with E-state index in [0.29, 0.717) is 40.0 Å². The second-order valence-corrected chi connectivity index (χ2v) is 11.2. The second kappa shape index (κ2) is 10.8. The molecule has 2 N–H and O–H groups in total. The summed E-state index contributed by atoms with van der Waals surface area (Å²) in [6.07, 6.45) is 4.37. The van der Waals surface area contributed by atoms with Gasteiger partial charge in [0, 0.05) is 28.1 Å². The summed E-state index contributed by atoms with van der Waals surface area (Å²) < 4.78 is 8.66. The van der Waals surface area contributed by atoms with E-state index in [9.17, 15) is 9.59 Å². The maximum absolute atomic E-state index is 12.7. The van der Waals surface area contributed by atoms with Crippen molar-refractivity contribution in [3.05, 3.63) is 52.1 Å².